The minimum absolute atomic E-state index is 0.839. The van der Waals surface area contributed by atoms with Crippen LogP contribution in [-0.2, 0) is 0 Å². The first-order valence-electron chi connectivity index (χ1n) is 5.27. The van der Waals surface area contributed by atoms with Gasteiger partial charge < -0.3 is 10.6 Å². The first-order chi connectivity index (χ1) is 5.85. The van der Waals surface area contributed by atoms with Crippen molar-refractivity contribution in [3.05, 3.63) is 0 Å². The van der Waals surface area contributed by atoms with Gasteiger partial charge in [0.25, 0.3) is 0 Å². The van der Waals surface area contributed by atoms with Gasteiger partial charge in [-0.1, -0.05) is 20.3 Å². The number of rotatable bonds is 8. The van der Waals surface area contributed by atoms with Crippen LogP contribution in [0.1, 0.15) is 39.5 Å². The van der Waals surface area contributed by atoms with Crippen molar-refractivity contribution in [1.29, 1.82) is 0 Å². The molecule has 0 amide bonds. The summed E-state index contributed by atoms with van der Waals surface area (Å²) in [5.74, 6) is 0. The van der Waals surface area contributed by atoms with Gasteiger partial charge in [-0.15, -0.1) is 0 Å². The van der Waals surface area contributed by atoms with Crippen LogP contribution in [-0.4, -0.2) is 31.1 Å². The number of nitrogens with two attached hydrogens (primary N) is 1. The Bertz CT molecular complexity index is 83.9. The van der Waals surface area contributed by atoms with Crippen LogP contribution in [0.3, 0.4) is 0 Å². The molecule has 74 valence electrons. The van der Waals surface area contributed by atoms with E-state index in [1.54, 1.807) is 0 Å². The third-order valence-corrected chi connectivity index (χ3v) is 2.20. The van der Waals surface area contributed by atoms with Gasteiger partial charge in [-0.05, 0) is 45.4 Å². The fourth-order valence-corrected chi connectivity index (χ4v) is 1.29. The molecule has 0 atom stereocenters. The molecule has 0 rings (SSSR count). The zero-order valence-electron chi connectivity index (χ0n) is 8.68. The van der Waals surface area contributed by atoms with Crippen LogP contribution >= 0.6 is 0 Å². The first-order valence-corrected chi connectivity index (χ1v) is 5.27. The molecule has 0 aromatic heterocycles. The summed E-state index contributed by atoms with van der Waals surface area (Å²) in [5.41, 5.74) is 5.44. The molecule has 0 heterocycles. The Labute approximate surface area is 77.1 Å². The topological polar surface area (TPSA) is 29.3 Å². The Morgan fingerprint density at radius 2 is 1.67 bits per heavy atom. The van der Waals surface area contributed by atoms with Crippen LogP contribution in [0, 0.1) is 0 Å². The van der Waals surface area contributed by atoms with Crippen LogP contribution < -0.4 is 5.73 Å². The van der Waals surface area contributed by atoms with Crippen LogP contribution in [0.4, 0.5) is 0 Å². The first kappa shape index (κ1) is 11.9. The molecule has 0 aliphatic rings. The van der Waals surface area contributed by atoms with Gasteiger partial charge in [0, 0.05) is 0 Å². The Balaban J connectivity index is 3.26. The lowest BCUT2D eigenvalue weighted by molar-refractivity contribution is 0.278. The predicted octanol–water partition coefficient (Wildman–Crippen LogP) is 1.85. The van der Waals surface area contributed by atoms with E-state index in [4.69, 9.17) is 5.73 Å². The maximum absolute atomic E-state index is 5.44. The molecule has 0 unspecified atom stereocenters. The third-order valence-electron chi connectivity index (χ3n) is 2.20. The van der Waals surface area contributed by atoms with E-state index in [2.05, 4.69) is 18.7 Å². The van der Waals surface area contributed by atoms with Gasteiger partial charge in [-0.2, -0.15) is 0 Å². The minimum Gasteiger partial charge on any atom is -0.330 e. The highest BCUT2D eigenvalue weighted by molar-refractivity contribution is 4.55. The summed E-state index contributed by atoms with van der Waals surface area (Å²) in [6.45, 7) is 8.99. The molecule has 2 N–H and O–H groups in total. The van der Waals surface area contributed by atoms with Crippen molar-refractivity contribution < 1.29 is 0 Å². The molecule has 0 radical (unpaired) electrons. The molecule has 0 aliphatic heterocycles. The third kappa shape index (κ3) is 6.62. The van der Waals surface area contributed by atoms with Crippen molar-refractivity contribution in [3.8, 4) is 0 Å². The van der Waals surface area contributed by atoms with Crippen molar-refractivity contribution in [3.63, 3.8) is 0 Å². The Hall–Kier alpha value is -0.0800. The Morgan fingerprint density at radius 1 is 1.00 bits per heavy atom. The Kier molecular flexibility index (Phi) is 8.95. The van der Waals surface area contributed by atoms with Gasteiger partial charge in [0.05, 0.1) is 0 Å². The Morgan fingerprint density at radius 3 is 2.17 bits per heavy atom. The molecule has 0 aliphatic carbocycles. The maximum Gasteiger partial charge on any atom is -0.00184 e. The molecule has 2 heteroatoms. The summed E-state index contributed by atoms with van der Waals surface area (Å²) >= 11 is 0. The highest BCUT2D eigenvalue weighted by Crippen LogP contribution is 1.97. The second-order valence-corrected chi connectivity index (χ2v) is 3.28. The smallest absolute Gasteiger partial charge is 0.00184 e. The highest BCUT2D eigenvalue weighted by Gasteiger charge is 1.99. The number of nitrogens with zero attached hydrogens (tertiary/aromatic N) is 1. The van der Waals surface area contributed by atoms with E-state index in [1.807, 2.05) is 0 Å². The summed E-state index contributed by atoms with van der Waals surface area (Å²) in [6.07, 6.45) is 5.06. The standard InChI is InChI=1S/C10H24N2/c1-3-5-9-12(4-2)10-7-6-8-11/h3-11H2,1-2H3. The molecule has 0 spiro atoms. The van der Waals surface area contributed by atoms with Crippen LogP contribution in [0.2, 0.25) is 0 Å². The molecular weight excluding hydrogens is 148 g/mol. The zero-order valence-corrected chi connectivity index (χ0v) is 8.68. The summed E-state index contributed by atoms with van der Waals surface area (Å²) in [6, 6.07) is 0. The summed E-state index contributed by atoms with van der Waals surface area (Å²) in [7, 11) is 0. The van der Waals surface area contributed by atoms with Crippen LogP contribution in [0.15, 0.2) is 0 Å². The van der Waals surface area contributed by atoms with Gasteiger partial charge in [0.15, 0.2) is 0 Å². The van der Waals surface area contributed by atoms with E-state index in [0.29, 0.717) is 0 Å². The van der Waals surface area contributed by atoms with E-state index >= 15 is 0 Å². The van der Waals surface area contributed by atoms with Gasteiger partial charge in [-0.3, -0.25) is 0 Å². The summed E-state index contributed by atoms with van der Waals surface area (Å²) < 4.78 is 0. The molecule has 12 heavy (non-hydrogen) atoms. The van der Waals surface area contributed by atoms with E-state index in [1.165, 1.54) is 45.3 Å². The SMILES string of the molecule is CCCCN(CC)CCCCN. The van der Waals surface area contributed by atoms with E-state index in [0.717, 1.165) is 6.54 Å². The lowest BCUT2D eigenvalue weighted by atomic mass is 10.2. The van der Waals surface area contributed by atoms with Crippen molar-refractivity contribution in [2.45, 2.75) is 39.5 Å². The molecule has 0 saturated carbocycles. The molecule has 0 aromatic carbocycles. The van der Waals surface area contributed by atoms with Crippen LogP contribution in [0.5, 0.6) is 0 Å². The predicted molar refractivity (Wildman–Crippen MR) is 55.3 cm³/mol. The fourth-order valence-electron chi connectivity index (χ4n) is 1.29. The van der Waals surface area contributed by atoms with Gasteiger partial charge >= 0.3 is 0 Å². The van der Waals surface area contributed by atoms with Gasteiger partial charge in [0.2, 0.25) is 0 Å². The zero-order chi connectivity index (χ0) is 9.23. The molecule has 0 bridgehead atoms. The van der Waals surface area contributed by atoms with Crippen LogP contribution in [0.25, 0.3) is 0 Å². The van der Waals surface area contributed by atoms with E-state index in [9.17, 15) is 0 Å². The minimum atomic E-state index is 0.839. The lowest BCUT2D eigenvalue weighted by Gasteiger charge is -2.19. The highest BCUT2D eigenvalue weighted by atomic mass is 15.1. The second-order valence-electron chi connectivity index (χ2n) is 3.28. The molecular formula is C10H24N2. The average Bonchev–Trinajstić information content (AvgIpc) is 2.11. The van der Waals surface area contributed by atoms with E-state index < -0.39 is 0 Å². The van der Waals surface area contributed by atoms with Gasteiger partial charge in [0.1, 0.15) is 0 Å². The molecule has 0 fully saturated rings. The molecule has 0 saturated heterocycles. The lowest BCUT2D eigenvalue weighted by Crippen LogP contribution is -2.26. The number of hydrogen-bond acceptors (Lipinski definition) is 2. The van der Waals surface area contributed by atoms with Crippen molar-refractivity contribution in [2.24, 2.45) is 5.73 Å². The largest absolute Gasteiger partial charge is 0.330 e. The second kappa shape index (κ2) is 9.01. The van der Waals surface area contributed by atoms with Gasteiger partial charge in [-0.25, -0.2) is 0 Å². The van der Waals surface area contributed by atoms with Crippen molar-refractivity contribution in [1.82, 2.24) is 4.90 Å². The quantitative estimate of drug-likeness (QED) is 0.566. The number of unbranched alkanes of at least 4 members (excludes halogenated alkanes) is 2. The van der Waals surface area contributed by atoms with E-state index in [-0.39, 0.29) is 0 Å². The fraction of sp³-hybridized carbons (Fsp3) is 1.00. The molecule has 2 nitrogen and oxygen atoms in total. The maximum atomic E-state index is 5.44. The monoisotopic (exact) mass is 172 g/mol. The van der Waals surface area contributed by atoms with Crippen molar-refractivity contribution >= 4 is 0 Å². The average molecular weight is 172 g/mol. The normalized spacial score (nSPS) is 11.0. The van der Waals surface area contributed by atoms with Crippen molar-refractivity contribution in [2.75, 3.05) is 26.2 Å². The molecule has 0 aromatic rings. The number of hydrogen-bond donors (Lipinski definition) is 1. The summed E-state index contributed by atoms with van der Waals surface area (Å²) in [5, 5.41) is 0. The summed E-state index contributed by atoms with van der Waals surface area (Å²) in [4.78, 5) is 2.51.